The molecule has 0 amide bonds. The summed E-state index contributed by atoms with van der Waals surface area (Å²) in [5.74, 6) is -1.58. The lowest BCUT2D eigenvalue weighted by atomic mass is 10.2. The van der Waals surface area contributed by atoms with Crippen molar-refractivity contribution < 1.29 is 13.2 Å². The first-order valence-corrected chi connectivity index (χ1v) is 6.55. The van der Waals surface area contributed by atoms with E-state index in [0.29, 0.717) is 10.6 Å². The Kier molecular flexibility index (Phi) is 4.82. The van der Waals surface area contributed by atoms with Crippen LogP contribution < -0.4 is 5.73 Å². The summed E-state index contributed by atoms with van der Waals surface area (Å²) in [6, 6.07) is 13.8. The van der Waals surface area contributed by atoms with Gasteiger partial charge in [0.2, 0.25) is 5.84 Å². The molecule has 0 fully saturated rings. The number of hydrogen-bond donors (Lipinski definition) is 1. The molecule has 2 rings (SSSR count). The fourth-order valence-corrected chi connectivity index (χ4v) is 1.70. The first-order chi connectivity index (χ1) is 10.4. The first-order valence-electron chi connectivity index (χ1n) is 6.17. The Labute approximate surface area is 130 Å². The molecule has 0 saturated carbocycles. The zero-order chi connectivity index (χ0) is 16.2. The third-order valence-electron chi connectivity index (χ3n) is 2.61. The number of hydrogen-bond acceptors (Lipinski definition) is 1. The van der Waals surface area contributed by atoms with Gasteiger partial charge in [0.15, 0.2) is 0 Å². The molecule has 0 aliphatic rings. The second-order valence-corrected chi connectivity index (χ2v) is 4.71. The molecule has 0 unspecified atom stereocenters. The highest BCUT2D eigenvalue weighted by atomic mass is 35.5. The van der Waals surface area contributed by atoms with Crippen LogP contribution in [0, 0.1) is 0 Å². The van der Waals surface area contributed by atoms with Crippen molar-refractivity contribution in [1.82, 2.24) is 0 Å². The molecule has 0 aliphatic heterocycles. The average molecular weight is 326 g/mol. The Balaban J connectivity index is 2.41. The van der Waals surface area contributed by atoms with Gasteiger partial charge < -0.3 is 5.73 Å². The molecule has 0 aliphatic carbocycles. The summed E-state index contributed by atoms with van der Waals surface area (Å²) >= 11 is 5.68. The molecule has 0 radical (unpaired) electrons. The van der Waals surface area contributed by atoms with Gasteiger partial charge >= 0.3 is 6.18 Å². The highest BCUT2D eigenvalue weighted by Crippen LogP contribution is 2.23. The number of nitrogens with zero attached hydrogens (tertiary/aromatic N) is 2. The fourth-order valence-electron chi connectivity index (χ4n) is 1.58. The van der Waals surface area contributed by atoms with Gasteiger partial charge in [0.05, 0.1) is 5.69 Å². The Hall–Kier alpha value is -2.34. The minimum absolute atomic E-state index is 0.0846. The smallest absolute Gasteiger partial charge is 0.383 e. The van der Waals surface area contributed by atoms with Crippen LogP contribution in [0.2, 0.25) is 5.02 Å². The number of amidine groups is 2. The Morgan fingerprint density at radius 1 is 0.955 bits per heavy atom. The number of halogens is 4. The van der Waals surface area contributed by atoms with Crippen molar-refractivity contribution >= 4 is 29.0 Å². The molecule has 22 heavy (non-hydrogen) atoms. The summed E-state index contributed by atoms with van der Waals surface area (Å²) in [6.07, 6.45) is -4.72. The fraction of sp³-hybridized carbons (Fsp3) is 0.0667. The maximum atomic E-state index is 13.0. The van der Waals surface area contributed by atoms with Crippen molar-refractivity contribution in [2.45, 2.75) is 6.18 Å². The predicted molar refractivity (Wildman–Crippen MR) is 81.8 cm³/mol. The van der Waals surface area contributed by atoms with E-state index in [4.69, 9.17) is 17.3 Å². The average Bonchev–Trinajstić information content (AvgIpc) is 2.48. The summed E-state index contributed by atoms with van der Waals surface area (Å²) in [7, 11) is 0. The van der Waals surface area contributed by atoms with Gasteiger partial charge in [0.25, 0.3) is 0 Å². The molecule has 0 bridgehead atoms. The lowest BCUT2D eigenvalue weighted by molar-refractivity contribution is -0.0596. The Bertz CT molecular complexity index is 692. The summed E-state index contributed by atoms with van der Waals surface area (Å²) in [6.45, 7) is 0. The SMILES string of the molecule is NC(=NC(=Nc1ccc(Cl)cc1)C(F)(F)F)c1ccccc1. The summed E-state index contributed by atoms with van der Waals surface area (Å²) in [5.41, 5.74) is 6.09. The van der Waals surface area contributed by atoms with Crippen molar-refractivity contribution in [1.29, 1.82) is 0 Å². The van der Waals surface area contributed by atoms with Gasteiger partial charge in [-0.2, -0.15) is 13.2 Å². The third-order valence-corrected chi connectivity index (χ3v) is 2.86. The molecule has 2 aromatic rings. The van der Waals surface area contributed by atoms with Crippen molar-refractivity contribution in [2.75, 3.05) is 0 Å². The molecule has 3 nitrogen and oxygen atoms in total. The van der Waals surface area contributed by atoms with E-state index in [2.05, 4.69) is 9.98 Å². The van der Waals surface area contributed by atoms with E-state index in [1.54, 1.807) is 30.3 Å². The van der Waals surface area contributed by atoms with E-state index >= 15 is 0 Å². The maximum absolute atomic E-state index is 13.0. The van der Waals surface area contributed by atoms with Crippen LogP contribution >= 0.6 is 11.6 Å². The molecular formula is C15H11ClF3N3. The number of rotatable bonds is 2. The van der Waals surface area contributed by atoms with Gasteiger partial charge in [-0.25, -0.2) is 9.98 Å². The van der Waals surface area contributed by atoms with Crippen molar-refractivity contribution in [2.24, 2.45) is 15.7 Å². The van der Waals surface area contributed by atoms with Crippen LogP contribution in [0.3, 0.4) is 0 Å². The number of benzene rings is 2. The summed E-state index contributed by atoms with van der Waals surface area (Å²) in [5, 5.41) is 0.403. The van der Waals surface area contributed by atoms with E-state index in [0.717, 1.165) is 0 Å². The van der Waals surface area contributed by atoms with Crippen LogP contribution in [-0.2, 0) is 0 Å². The lowest BCUT2D eigenvalue weighted by Crippen LogP contribution is -2.25. The molecule has 114 valence electrons. The highest BCUT2D eigenvalue weighted by Gasteiger charge is 2.36. The second-order valence-electron chi connectivity index (χ2n) is 4.27. The van der Waals surface area contributed by atoms with Crippen molar-refractivity contribution in [3.63, 3.8) is 0 Å². The number of aliphatic imine (C=N–C) groups is 2. The number of nitrogens with two attached hydrogens (primary N) is 1. The molecular weight excluding hydrogens is 315 g/mol. The van der Waals surface area contributed by atoms with Crippen LogP contribution in [0.15, 0.2) is 64.6 Å². The lowest BCUT2D eigenvalue weighted by Gasteiger charge is -2.08. The van der Waals surface area contributed by atoms with E-state index < -0.39 is 12.0 Å². The molecule has 0 spiro atoms. The zero-order valence-electron chi connectivity index (χ0n) is 11.2. The molecule has 2 N–H and O–H groups in total. The van der Waals surface area contributed by atoms with Crippen LogP contribution in [-0.4, -0.2) is 17.8 Å². The van der Waals surface area contributed by atoms with Crippen LogP contribution in [0.25, 0.3) is 0 Å². The molecule has 0 saturated heterocycles. The predicted octanol–water partition coefficient (Wildman–Crippen LogP) is 4.34. The monoisotopic (exact) mass is 325 g/mol. The van der Waals surface area contributed by atoms with Crippen molar-refractivity contribution in [3.05, 3.63) is 65.2 Å². The first kappa shape index (κ1) is 16.0. The quantitative estimate of drug-likeness (QED) is 0.648. The van der Waals surface area contributed by atoms with Gasteiger partial charge in [-0.1, -0.05) is 41.9 Å². The van der Waals surface area contributed by atoms with Crippen LogP contribution in [0.4, 0.5) is 18.9 Å². The van der Waals surface area contributed by atoms with Crippen LogP contribution in [0.5, 0.6) is 0 Å². The normalized spacial score (nSPS) is 13.3. The summed E-state index contributed by atoms with van der Waals surface area (Å²) < 4.78 is 39.1. The van der Waals surface area contributed by atoms with Gasteiger partial charge in [-0.15, -0.1) is 0 Å². The van der Waals surface area contributed by atoms with E-state index in [-0.39, 0.29) is 11.5 Å². The topological polar surface area (TPSA) is 50.7 Å². The minimum atomic E-state index is -4.72. The third kappa shape index (κ3) is 4.33. The second kappa shape index (κ2) is 6.62. The van der Waals surface area contributed by atoms with Crippen molar-refractivity contribution in [3.8, 4) is 0 Å². The van der Waals surface area contributed by atoms with E-state index in [1.165, 1.54) is 24.3 Å². The Morgan fingerprint density at radius 2 is 1.55 bits per heavy atom. The molecule has 2 aromatic carbocycles. The van der Waals surface area contributed by atoms with Gasteiger partial charge in [-0.05, 0) is 24.3 Å². The molecule has 0 aromatic heterocycles. The highest BCUT2D eigenvalue weighted by molar-refractivity contribution is 6.30. The maximum Gasteiger partial charge on any atom is 0.451 e. The molecule has 0 heterocycles. The van der Waals surface area contributed by atoms with E-state index in [9.17, 15) is 13.2 Å². The molecule has 0 atom stereocenters. The largest absolute Gasteiger partial charge is 0.451 e. The van der Waals surface area contributed by atoms with E-state index in [1.807, 2.05) is 0 Å². The standard InChI is InChI=1S/C15H11ClF3N3/c16-11-6-8-12(9-7-11)21-14(15(17,18)19)22-13(20)10-4-2-1-3-5-10/h1-9H,(H2,20,21,22). The van der Waals surface area contributed by atoms with Gasteiger partial charge in [0.1, 0.15) is 5.84 Å². The van der Waals surface area contributed by atoms with Gasteiger partial charge in [-0.3, -0.25) is 0 Å². The van der Waals surface area contributed by atoms with Gasteiger partial charge in [0, 0.05) is 10.6 Å². The van der Waals surface area contributed by atoms with Crippen LogP contribution in [0.1, 0.15) is 5.56 Å². The summed E-state index contributed by atoms with van der Waals surface area (Å²) in [4.78, 5) is 6.92. The number of alkyl halides is 3. The zero-order valence-corrected chi connectivity index (χ0v) is 11.9. The minimum Gasteiger partial charge on any atom is -0.383 e. The Morgan fingerprint density at radius 3 is 2.09 bits per heavy atom. The molecule has 7 heteroatoms.